The number of halogens is 1. The molecule has 0 spiro atoms. The molecule has 24 heavy (non-hydrogen) atoms. The summed E-state index contributed by atoms with van der Waals surface area (Å²) in [5.41, 5.74) is 2.97. The van der Waals surface area contributed by atoms with Crippen molar-refractivity contribution in [2.45, 2.75) is 17.6 Å². The van der Waals surface area contributed by atoms with Crippen LogP contribution in [0.25, 0.3) is 11.3 Å². The van der Waals surface area contributed by atoms with E-state index in [9.17, 15) is 8.42 Å². The minimum Gasteiger partial charge on any atom is -0.256 e. The van der Waals surface area contributed by atoms with E-state index in [-0.39, 0.29) is 10.6 Å². The standard InChI is InChI=1S/C18H17ClN2O2S/c1-13-8-10-15(11-9-13)24(22,23)12-16-17(20-21(2)18(16)19)14-6-4-3-5-7-14/h3-11H,12H2,1-2H3. The van der Waals surface area contributed by atoms with Crippen molar-refractivity contribution >= 4 is 21.4 Å². The lowest BCUT2D eigenvalue weighted by atomic mass is 10.1. The van der Waals surface area contributed by atoms with E-state index in [0.29, 0.717) is 16.4 Å². The van der Waals surface area contributed by atoms with Gasteiger partial charge in [0.15, 0.2) is 9.84 Å². The maximum atomic E-state index is 12.8. The van der Waals surface area contributed by atoms with Crippen LogP contribution in [0.2, 0.25) is 5.15 Å². The van der Waals surface area contributed by atoms with Crippen molar-refractivity contribution in [2.75, 3.05) is 0 Å². The summed E-state index contributed by atoms with van der Waals surface area (Å²) in [6, 6.07) is 16.3. The van der Waals surface area contributed by atoms with Crippen LogP contribution in [0, 0.1) is 6.92 Å². The van der Waals surface area contributed by atoms with E-state index >= 15 is 0 Å². The molecule has 6 heteroatoms. The smallest absolute Gasteiger partial charge is 0.182 e. The number of aromatic nitrogens is 2. The number of aryl methyl sites for hydroxylation is 2. The Bertz CT molecular complexity index is 962. The van der Waals surface area contributed by atoms with Crippen LogP contribution in [-0.4, -0.2) is 18.2 Å². The fourth-order valence-electron chi connectivity index (χ4n) is 2.52. The van der Waals surface area contributed by atoms with Crippen molar-refractivity contribution in [1.29, 1.82) is 0 Å². The van der Waals surface area contributed by atoms with Gasteiger partial charge in [-0.2, -0.15) is 5.10 Å². The molecule has 1 heterocycles. The van der Waals surface area contributed by atoms with E-state index < -0.39 is 9.84 Å². The van der Waals surface area contributed by atoms with Gasteiger partial charge >= 0.3 is 0 Å². The summed E-state index contributed by atoms with van der Waals surface area (Å²) in [7, 11) is -1.80. The third-order valence-electron chi connectivity index (χ3n) is 3.83. The van der Waals surface area contributed by atoms with Crippen LogP contribution < -0.4 is 0 Å². The van der Waals surface area contributed by atoms with Crippen molar-refractivity contribution in [1.82, 2.24) is 9.78 Å². The Morgan fingerprint density at radius 3 is 2.29 bits per heavy atom. The first kappa shape index (κ1) is 16.7. The van der Waals surface area contributed by atoms with Gasteiger partial charge in [0.05, 0.1) is 16.3 Å². The highest BCUT2D eigenvalue weighted by Crippen LogP contribution is 2.31. The van der Waals surface area contributed by atoms with Crippen molar-refractivity contribution in [3.05, 3.63) is 70.9 Å². The lowest BCUT2D eigenvalue weighted by Gasteiger charge is -2.06. The molecular formula is C18H17ClN2O2S. The predicted octanol–water partition coefficient (Wildman–Crippen LogP) is 4.02. The number of sulfone groups is 1. The Morgan fingerprint density at radius 1 is 1.04 bits per heavy atom. The Kier molecular flexibility index (Phi) is 4.47. The van der Waals surface area contributed by atoms with Crippen LogP contribution in [0.3, 0.4) is 0 Å². The number of rotatable bonds is 4. The predicted molar refractivity (Wildman–Crippen MR) is 95.7 cm³/mol. The van der Waals surface area contributed by atoms with Crippen LogP contribution in [-0.2, 0) is 22.6 Å². The van der Waals surface area contributed by atoms with Gasteiger partial charge in [-0.25, -0.2) is 8.42 Å². The van der Waals surface area contributed by atoms with Gasteiger partial charge in [-0.3, -0.25) is 4.68 Å². The third kappa shape index (κ3) is 3.23. The van der Waals surface area contributed by atoms with Gasteiger partial charge in [-0.1, -0.05) is 59.6 Å². The summed E-state index contributed by atoms with van der Waals surface area (Å²) >= 11 is 6.32. The molecule has 124 valence electrons. The first-order valence-corrected chi connectivity index (χ1v) is 9.48. The number of benzene rings is 2. The van der Waals surface area contributed by atoms with Crippen LogP contribution >= 0.6 is 11.6 Å². The van der Waals surface area contributed by atoms with E-state index in [2.05, 4.69) is 5.10 Å². The molecule has 3 aromatic rings. The molecule has 0 atom stereocenters. The molecule has 0 fully saturated rings. The van der Waals surface area contributed by atoms with Crippen molar-refractivity contribution in [2.24, 2.45) is 7.05 Å². The molecule has 0 saturated heterocycles. The second-order valence-electron chi connectivity index (χ2n) is 5.68. The first-order chi connectivity index (χ1) is 11.4. The molecule has 3 rings (SSSR count). The van der Waals surface area contributed by atoms with Crippen LogP contribution in [0.15, 0.2) is 59.5 Å². The summed E-state index contributed by atoms with van der Waals surface area (Å²) in [6.07, 6.45) is 0. The summed E-state index contributed by atoms with van der Waals surface area (Å²) in [4.78, 5) is 0.284. The fourth-order valence-corrected chi connectivity index (χ4v) is 4.17. The fraction of sp³-hybridized carbons (Fsp3) is 0.167. The zero-order valence-corrected chi connectivity index (χ0v) is 15.0. The zero-order valence-electron chi connectivity index (χ0n) is 13.4. The lowest BCUT2D eigenvalue weighted by Crippen LogP contribution is -2.06. The summed E-state index contributed by atoms with van der Waals surface area (Å²) in [5, 5.41) is 4.73. The highest BCUT2D eigenvalue weighted by atomic mass is 35.5. The molecule has 0 radical (unpaired) electrons. The van der Waals surface area contributed by atoms with Crippen LogP contribution in [0.5, 0.6) is 0 Å². The van der Waals surface area contributed by atoms with E-state index in [4.69, 9.17) is 11.6 Å². The SMILES string of the molecule is Cc1ccc(S(=O)(=O)Cc2c(-c3ccccc3)nn(C)c2Cl)cc1. The zero-order chi connectivity index (χ0) is 17.3. The Morgan fingerprint density at radius 2 is 1.67 bits per heavy atom. The molecule has 1 aromatic heterocycles. The van der Waals surface area contributed by atoms with Gasteiger partial charge in [0.25, 0.3) is 0 Å². The van der Waals surface area contributed by atoms with Crippen LogP contribution in [0.1, 0.15) is 11.1 Å². The molecule has 0 aliphatic heterocycles. The Labute approximate surface area is 146 Å². The largest absolute Gasteiger partial charge is 0.256 e. The molecule has 0 unspecified atom stereocenters. The first-order valence-electron chi connectivity index (χ1n) is 7.45. The van der Waals surface area contributed by atoms with Gasteiger partial charge in [-0.05, 0) is 19.1 Å². The number of hydrogen-bond donors (Lipinski definition) is 0. The summed E-state index contributed by atoms with van der Waals surface area (Å²) < 4.78 is 27.0. The highest BCUT2D eigenvalue weighted by molar-refractivity contribution is 7.90. The molecule has 0 aliphatic rings. The van der Waals surface area contributed by atoms with Crippen molar-refractivity contribution in [3.8, 4) is 11.3 Å². The lowest BCUT2D eigenvalue weighted by molar-refractivity contribution is 0.595. The maximum Gasteiger partial charge on any atom is 0.182 e. The number of hydrogen-bond acceptors (Lipinski definition) is 3. The average molecular weight is 361 g/mol. The van der Waals surface area contributed by atoms with E-state index in [1.807, 2.05) is 37.3 Å². The Hall–Kier alpha value is -2.11. The van der Waals surface area contributed by atoms with E-state index in [1.54, 1.807) is 31.3 Å². The molecule has 4 nitrogen and oxygen atoms in total. The summed E-state index contributed by atoms with van der Waals surface area (Å²) in [5.74, 6) is -0.188. The van der Waals surface area contributed by atoms with E-state index in [0.717, 1.165) is 11.1 Å². The molecule has 0 amide bonds. The summed E-state index contributed by atoms with van der Waals surface area (Å²) in [6.45, 7) is 1.92. The van der Waals surface area contributed by atoms with Gasteiger partial charge in [-0.15, -0.1) is 0 Å². The second kappa shape index (κ2) is 6.42. The van der Waals surface area contributed by atoms with E-state index in [1.165, 1.54) is 4.68 Å². The monoisotopic (exact) mass is 360 g/mol. The minimum atomic E-state index is -3.51. The normalized spacial score (nSPS) is 11.6. The van der Waals surface area contributed by atoms with Crippen LogP contribution in [0.4, 0.5) is 0 Å². The topological polar surface area (TPSA) is 52.0 Å². The molecule has 0 aliphatic carbocycles. The third-order valence-corrected chi connectivity index (χ3v) is 5.96. The van der Waals surface area contributed by atoms with Gasteiger partial charge in [0.1, 0.15) is 5.15 Å². The Balaban J connectivity index is 2.05. The highest BCUT2D eigenvalue weighted by Gasteiger charge is 2.23. The van der Waals surface area contributed by atoms with Gasteiger partial charge in [0, 0.05) is 18.2 Å². The minimum absolute atomic E-state index is 0.188. The average Bonchev–Trinajstić information content (AvgIpc) is 2.84. The molecule has 0 N–H and O–H groups in total. The van der Waals surface area contributed by atoms with Gasteiger partial charge in [0.2, 0.25) is 0 Å². The van der Waals surface area contributed by atoms with Crippen molar-refractivity contribution < 1.29 is 8.42 Å². The van der Waals surface area contributed by atoms with Crippen molar-refractivity contribution in [3.63, 3.8) is 0 Å². The molecule has 0 saturated carbocycles. The molecular weight excluding hydrogens is 344 g/mol. The molecule has 2 aromatic carbocycles. The number of nitrogens with zero attached hydrogens (tertiary/aromatic N) is 2. The van der Waals surface area contributed by atoms with Gasteiger partial charge < -0.3 is 0 Å². The maximum absolute atomic E-state index is 12.8. The quantitative estimate of drug-likeness (QED) is 0.706. The second-order valence-corrected chi connectivity index (χ2v) is 8.03. The molecule has 0 bridgehead atoms.